The van der Waals surface area contributed by atoms with Gasteiger partial charge in [0.05, 0.1) is 34.8 Å². The molecule has 0 saturated carbocycles. The normalized spacial score (nSPS) is 11.6. The molecule has 3 aromatic heterocycles. The van der Waals surface area contributed by atoms with Gasteiger partial charge in [-0.05, 0) is 131 Å². The van der Waals surface area contributed by atoms with E-state index in [-0.39, 0.29) is 0 Å². The summed E-state index contributed by atoms with van der Waals surface area (Å²) in [6.07, 6.45) is 4.10. The maximum Gasteiger partial charge on any atom is 0.0725 e. The molecule has 0 aliphatic rings. The summed E-state index contributed by atoms with van der Waals surface area (Å²) in [7, 11) is 0. The van der Waals surface area contributed by atoms with Crippen LogP contribution in [0.25, 0.3) is 61.1 Å². The molecule has 7 aromatic rings. The molecule has 7 rings (SSSR count). The van der Waals surface area contributed by atoms with Crippen LogP contribution in [0.15, 0.2) is 85.2 Å². The molecule has 0 N–H and O–H groups in total. The molecule has 3 heterocycles. The molecule has 4 aromatic carbocycles. The first-order valence-electron chi connectivity index (χ1n) is 16.2. The van der Waals surface area contributed by atoms with Gasteiger partial charge in [-0.3, -0.25) is 9.97 Å². The van der Waals surface area contributed by atoms with Gasteiger partial charge in [-0.2, -0.15) is 0 Å². The molecule has 0 unspecified atom stereocenters. The van der Waals surface area contributed by atoms with Crippen molar-refractivity contribution >= 4 is 21.8 Å². The SMILES string of the molecule is Cc1cc(C)c(-c2ccc(-n3c4cnc(-c5c(C)cc(C)cc5C)cc4c4cc(-c5c(C)cc(C)cc5C)ncc43)cc2)c(C)c1. The number of aryl methyl sites for hydroxylation is 9. The summed E-state index contributed by atoms with van der Waals surface area (Å²) >= 11 is 0. The highest BCUT2D eigenvalue weighted by atomic mass is 15.0. The van der Waals surface area contributed by atoms with Crippen molar-refractivity contribution in [1.29, 1.82) is 0 Å². The summed E-state index contributed by atoms with van der Waals surface area (Å²) in [6, 6.07) is 27.1. The molecule has 46 heavy (non-hydrogen) atoms. The Bertz CT molecular complexity index is 2150. The second-order valence-corrected chi connectivity index (χ2v) is 13.4. The van der Waals surface area contributed by atoms with Gasteiger partial charge in [-0.1, -0.05) is 65.2 Å². The van der Waals surface area contributed by atoms with Crippen molar-refractivity contribution in [3.63, 3.8) is 0 Å². The number of fused-ring (bicyclic) bond motifs is 3. The van der Waals surface area contributed by atoms with Crippen LogP contribution in [0.2, 0.25) is 0 Å². The van der Waals surface area contributed by atoms with E-state index in [1.807, 2.05) is 12.4 Å². The fourth-order valence-electron chi connectivity index (χ4n) is 7.95. The molecule has 0 fully saturated rings. The minimum Gasteiger partial charge on any atom is -0.306 e. The second-order valence-electron chi connectivity index (χ2n) is 13.4. The van der Waals surface area contributed by atoms with Gasteiger partial charge in [-0.15, -0.1) is 0 Å². The lowest BCUT2D eigenvalue weighted by Gasteiger charge is -2.14. The van der Waals surface area contributed by atoms with Gasteiger partial charge in [0.2, 0.25) is 0 Å². The fraction of sp³-hybridized carbons (Fsp3) is 0.209. The first-order chi connectivity index (χ1) is 22.0. The standard InChI is InChI=1S/C43H41N3/c1-24-14-27(4)41(28(5)15-24)33-10-12-34(13-11-33)46-39-22-44-37(42-29(6)16-25(2)17-30(42)7)20-35(39)36-21-38(45-23-40(36)46)43-31(8)18-26(3)19-32(43)9/h10-23H,1-9H3. The Morgan fingerprint density at radius 1 is 0.413 bits per heavy atom. The van der Waals surface area contributed by atoms with Crippen LogP contribution in [0.3, 0.4) is 0 Å². The van der Waals surface area contributed by atoms with E-state index in [1.165, 1.54) is 83.1 Å². The highest BCUT2D eigenvalue weighted by Crippen LogP contribution is 2.38. The Kier molecular flexibility index (Phi) is 7.16. The van der Waals surface area contributed by atoms with Gasteiger partial charge in [0.25, 0.3) is 0 Å². The van der Waals surface area contributed by atoms with Crippen molar-refractivity contribution in [1.82, 2.24) is 14.5 Å². The highest BCUT2D eigenvalue weighted by Gasteiger charge is 2.19. The predicted octanol–water partition coefficient (Wildman–Crippen LogP) is 11.4. The van der Waals surface area contributed by atoms with Crippen LogP contribution in [0, 0.1) is 62.3 Å². The Hall–Kier alpha value is -5.02. The minimum absolute atomic E-state index is 1.00. The lowest BCUT2D eigenvalue weighted by Crippen LogP contribution is -1.97. The molecule has 3 heteroatoms. The monoisotopic (exact) mass is 599 g/mol. The van der Waals surface area contributed by atoms with E-state index < -0.39 is 0 Å². The van der Waals surface area contributed by atoms with Gasteiger partial charge in [0.1, 0.15) is 0 Å². The topological polar surface area (TPSA) is 30.7 Å². The first kappa shape index (κ1) is 29.7. The van der Waals surface area contributed by atoms with E-state index in [1.54, 1.807) is 0 Å². The van der Waals surface area contributed by atoms with E-state index >= 15 is 0 Å². The van der Waals surface area contributed by atoms with Gasteiger partial charge >= 0.3 is 0 Å². The molecule has 0 aliphatic carbocycles. The number of benzene rings is 4. The van der Waals surface area contributed by atoms with Crippen molar-refractivity contribution in [2.45, 2.75) is 62.3 Å². The number of aromatic nitrogens is 3. The van der Waals surface area contributed by atoms with Crippen LogP contribution < -0.4 is 0 Å². The second kappa shape index (κ2) is 11.1. The van der Waals surface area contributed by atoms with Crippen molar-refractivity contribution < 1.29 is 0 Å². The molecule has 0 spiro atoms. The summed E-state index contributed by atoms with van der Waals surface area (Å²) in [5.74, 6) is 0. The Morgan fingerprint density at radius 3 is 1.13 bits per heavy atom. The third kappa shape index (κ3) is 4.91. The molecular weight excluding hydrogens is 558 g/mol. The number of rotatable bonds is 4. The molecule has 0 atom stereocenters. The van der Waals surface area contributed by atoms with Gasteiger partial charge in [0, 0.05) is 27.6 Å². The average molecular weight is 600 g/mol. The van der Waals surface area contributed by atoms with Crippen LogP contribution >= 0.6 is 0 Å². The highest BCUT2D eigenvalue weighted by molar-refractivity contribution is 6.10. The molecule has 0 amide bonds. The summed E-state index contributed by atoms with van der Waals surface area (Å²) in [5.41, 5.74) is 21.7. The third-order valence-corrected chi connectivity index (χ3v) is 9.50. The fourth-order valence-corrected chi connectivity index (χ4v) is 7.95. The maximum absolute atomic E-state index is 5.08. The molecule has 0 aliphatic heterocycles. The van der Waals surface area contributed by atoms with Crippen LogP contribution in [-0.4, -0.2) is 14.5 Å². The zero-order valence-corrected chi connectivity index (χ0v) is 28.4. The maximum atomic E-state index is 5.08. The van der Waals surface area contributed by atoms with Crippen LogP contribution in [0.5, 0.6) is 0 Å². The van der Waals surface area contributed by atoms with Crippen LogP contribution in [0.4, 0.5) is 0 Å². The van der Waals surface area contributed by atoms with Crippen LogP contribution in [0.1, 0.15) is 50.1 Å². The number of hydrogen-bond donors (Lipinski definition) is 0. The van der Waals surface area contributed by atoms with Crippen molar-refractivity contribution in [3.05, 3.63) is 135 Å². The van der Waals surface area contributed by atoms with Gasteiger partial charge < -0.3 is 4.57 Å². The zero-order chi connectivity index (χ0) is 32.4. The first-order valence-corrected chi connectivity index (χ1v) is 16.2. The smallest absolute Gasteiger partial charge is 0.0725 e. The molecule has 3 nitrogen and oxygen atoms in total. The molecular formula is C43H41N3. The van der Waals surface area contributed by atoms with E-state index in [9.17, 15) is 0 Å². The van der Waals surface area contributed by atoms with E-state index in [0.29, 0.717) is 0 Å². The quantitative estimate of drug-likeness (QED) is 0.201. The largest absolute Gasteiger partial charge is 0.306 e. The predicted molar refractivity (Wildman–Crippen MR) is 195 cm³/mol. The number of hydrogen-bond acceptors (Lipinski definition) is 2. The summed E-state index contributed by atoms with van der Waals surface area (Å²) in [4.78, 5) is 10.2. The summed E-state index contributed by atoms with van der Waals surface area (Å²) < 4.78 is 2.32. The van der Waals surface area contributed by atoms with Crippen molar-refractivity contribution in [2.24, 2.45) is 0 Å². The molecule has 0 saturated heterocycles. The van der Waals surface area contributed by atoms with E-state index in [4.69, 9.17) is 9.97 Å². The Morgan fingerprint density at radius 2 is 0.761 bits per heavy atom. The molecule has 228 valence electrons. The Labute approximate surface area is 272 Å². The number of nitrogens with zero attached hydrogens (tertiary/aromatic N) is 3. The minimum atomic E-state index is 1.00. The molecule has 0 radical (unpaired) electrons. The lowest BCUT2D eigenvalue weighted by molar-refractivity contribution is 1.15. The van der Waals surface area contributed by atoms with Crippen LogP contribution in [-0.2, 0) is 0 Å². The van der Waals surface area contributed by atoms with Gasteiger partial charge in [-0.25, -0.2) is 0 Å². The van der Waals surface area contributed by atoms with Crippen molar-refractivity contribution in [3.8, 4) is 39.3 Å². The van der Waals surface area contributed by atoms with Crippen molar-refractivity contribution in [2.75, 3.05) is 0 Å². The lowest BCUT2D eigenvalue weighted by atomic mass is 9.94. The van der Waals surface area contributed by atoms with E-state index in [0.717, 1.165) is 28.1 Å². The third-order valence-electron chi connectivity index (χ3n) is 9.50. The van der Waals surface area contributed by atoms with Gasteiger partial charge in [0.15, 0.2) is 0 Å². The number of pyridine rings is 2. The molecule has 0 bridgehead atoms. The zero-order valence-electron chi connectivity index (χ0n) is 28.4. The summed E-state index contributed by atoms with van der Waals surface area (Å²) in [5, 5.41) is 2.36. The summed E-state index contributed by atoms with van der Waals surface area (Å²) in [6.45, 7) is 19.6. The Balaban J connectivity index is 1.47. The average Bonchev–Trinajstić information content (AvgIpc) is 3.29. The van der Waals surface area contributed by atoms with E-state index in [2.05, 4.69) is 140 Å².